The maximum Gasteiger partial charge on any atom is 0.193 e. The summed E-state index contributed by atoms with van der Waals surface area (Å²) in [4.78, 5) is 12.6. The minimum absolute atomic E-state index is 0.0975. The smallest absolute Gasteiger partial charge is 0.193 e. The summed E-state index contributed by atoms with van der Waals surface area (Å²) in [5, 5.41) is 0. The topological polar surface area (TPSA) is 17.1 Å². The van der Waals surface area contributed by atoms with Crippen molar-refractivity contribution >= 4 is 5.78 Å². The Labute approximate surface area is 119 Å². The third kappa shape index (κ3) is 2.96. The highest BCUT2D eigenvalue weighted by molar-refractivity contribution is 6.10. The van der Waals surface area contributed by atoms with E-state index >= 15 is 0 Å². The molecule has 0 atom stereocenters. The lowest BCUT2D eigenvalue weighted by atomic mass is 9.94. The molecular weight excluding hydrogens is 251 g/mol. The number of hydrogen-bond donors (Lipinski definition) is 0. The van der Waals surface area contributed by atoms with Crippen LogP contribution in [0.5, 0.6) is 0 Å². The summed E-state index contributed by atoms with van der Waals surface area (Å²) in [6.07, 6.45) is 1.67. The van der Waals surface area contributed by atoms with Crippen LogP contribution in [0.25, 0.3) is 0 Å². The van der Waals surface area contributed by atoms with Crippen molar-refractivity contribution in [3.8, 4) is 0 Å². The number of halogens is 1. The van der Waals surface area contributed by atoms with Gasteiger partial charge in [0.1, 0.15) is 5.82 Å². The van der Waals surface area contributed by atoms with Crippen LogP contribution < -0.4 is 0 Å². The summed E-state index contributed by atoms with van der Waals surface area (Å²) >= 11 is 0. The van der Waals surface area contributed by atoms with Gasteiger partial charge in [0, 0.05) is 11.1 Å². The van der Waals surface area contributed by atoms with Crippen LogP contribution >= 0.6 is 0 Å². The van der Waals surface area contributed by atoms with Crippen LogP contribution in [0.15, 0.2) is 36.4 Å². The van der Waals surface area contributed by atoms with E-state index in [4.69, 9.17) is 0 Å². The van der Waals surface area contributed by atoms with E-state index in [0.717, 1.165) is 29.5 Å². The Morgan fingerprint density at radius 3 is 2.40 bits per heavy atom. The first kappa shape index (κ1) is 14.4. The zero-order chi connectivity index (χ0) is 14.7. The van der Waals surface area contributed by atoms with Gasteiger partial charge in [-0.3, -0.25) is 4.79 Å². The van der Waals surface area contributed by atoms with E-state index < -0.39 is 0 Å². The highest BCUT2D eigenvalue weighted by Crippen LogP contribution is 2.19. The van der Waals surface area contributed by atoms with Crippen LogP contribution in [0.3, 0.4) is 0 Å². The molecule has 2 aromatic rings. The molecule has 0 saturated carbocycles. The Hall–Kier alpha value is -1.96. The first-order valence-electron chi connectivity index (χ1n) is 6.98. The van der Waals surface area contributed by atoms with Gasteiger partial charge in [-0.25, -0.2) is 4.39 Å². The molecule has 0 N–H and O–H groups in total. The Morgan fingerprint density at radius 1 is 1.05 bits per heavy atom. The number of ketones is 1. The Bertz CT molecular complexity index is 624. The zero-order valence-electron chi connectivity index (χ0n) is 12.2. The predicted octanol–water partition coefficient (Wildman–Crippen LogP) is 4.49. The molecule has 2 rings (SSSR count). The lowest BCUT2D eigenvalue weighted by molar-refractivity contribution is 0.103. The van der Waals surface area contributed by atoms with Crippen molar-refractivity contribution in [2.45, 2.75) is 33.6 Å². The van der Waals surface area contributed by atoms with Crippen LogP contribution in [0.4, 0.5) is 4.39 Å². The fourth-order valence-corrected chi connectivity index (χ4v) is 2.39. The molecule has 1 nitrogen and oxygen atoms in total. The van der Waals surface area contributed by atoms with Crippen molar-refractivity contribution in [3.05, 3.63) is 70.0 Å². The van der Waals surface area contributed by atoms with Crippen LogP contribution in [0.2, 0.25) is 0 Å². The number of aryl methyl sites for hydroxylation is 3. The monoisotopic (exact) mass is 270 g/mol. The standard InChI is InChI=1S/C18H19FO/c1-4-13-6-7-14(5-2)17(10-13)18(20)15-8-12(3)9-16(19)11-15/h6-11H,4-5H2,1-3H3. The molecular formula is C18H19FO. The van der Waals surface area contributed by atoms with Gasteiger partial charge in [0.15, 0.2) is 5.78 Å². The van der Waals surface area contributed by atoms with E-state index in [1.807, 2.05) is 25.1 Å². The number of rotatable bonds is 4. The highest BCUT2D eigenvalue weighted by atomic mass is 19.1. The number of hydrogen-bond acceptors (Lipinski definition) is 1. The van der Waals surface area contributed by atoms with Gasteiger partial charge in [0.25, 0.3) is 0 Å². The molecule has 2 heteroatoms. The van der Waals surface area contributed by atoms with Gasteiger partial charge < -0.3 is 0 Å². The fourth-order valence-electron chi connectivity index (χ4n) is 2.39. The summed E-state index contributed by atoms with van der Waals surface area (Å²) in [5.41, 5.74) is 4.01. The van der Waals surface area contributed by atoms with E-state index in [9.17, 15) is 9.18 Å². The molecule has 0 bridgehead atoms. The quantitative estimate of drug-likeness (QED) is 0.748. The fraction of sp³-hybridized carbons (Fsp3) is 0.278. The summed E-state index contributed by atoms with van der Waals surface area (Å²) < 4.78 is 13.5. The summed E-state index contributed by atoms with van der Waals surface area (Å²) in [6.45, 7) is 5.87. The molecule has 0 aliphatic carbocycles. The van der Waals surface area contributed by atoms with Crippen LogP contribution in [-0.2, 0) is 12.8 Å². The summed E-state index contributed by atoms with van der Waals surface area (Å²) in [6, 6.07) is 10.5. The van der Waals surface area contributed by atoms with Crippen molar-refractivity contribution in [2.24, 2.45) is 0 Å². The van der Waals surface area contributed by atoms with E-state index in [1.165, 1.54) is 12.1 Å². The molecule has 0 amide bonds. The minimum atomic E-state index is -0.363. The van der Waals surface area contributed by atoms with Gasteiger partial charge in [0.05, 0.1) is 0 Å². The second kappa shape index (κ2) is 6.00. The van der Waals surface area contributed by atoms with Crippen LogP contribution in [0, 0.1) is 12.7 Å². The first-order chi connectivity index (χ1) is 9.55. The molecule has 20 heavy (non-hydrogen) atoms. The van der Waals surface area contributed by atoms with Gasteiger partial charge in [-0.1, -0.05) is 26.0 Å². The van der Waals surface area contributed by atoms with E-state index in [1.54, 1.807) is 13.0 Å². The van der Waals surface area contributed by atoms with E-state index in [-0.39, 0.29) is 11.6 Å². The molecule has 0 aliphatic heterocycles. The summed E-state index contributed by atoms with van der Waals surface area (Å²) in [7, 11) is 0. The molecule has 0 aromatic heterocycles. The number of benzene rings is 2. The molecule has 0 fully saturated rings. The normalized spacial score (nSPS) is 10.6. The maximum atomic E-state index is 13.5. The Kier molecular flexibility index (Phi) is 4.33. The molecule has 0 radical (unpaired) electrons. The van der Waals surface area contributed by atoms with Crippen LogP contribution in [0.1, 0.15) is 46.5 Å². The highest BCUT2D eigenvalue weighted by Gasteiger charge is 2.14. The second-order valence-corrected chi connectivity index (χ2v) is 5.04. The maximum absolute atomic E-state index is 13.5. The summed E-state index contributed by atoms with van der Waals surface area (Å²) in [5.74, 6) is -0.460. The number of carbonyl (C=O) groups is 1. The Balaban J connectivity index is 2.51. The van der Waals surface area contributed by atoms with Crippen molar-refractivity contribution in [3.63, 3.8) is 0 Å². The van der Waals surface area contributed by atoms with Gasteiger partial charge >= 0.3 is 0 Å². The molecule has 0 unspecified atom stereocenters. The molecule has 0 heterocycles. The largest absolute Gasteiger partial charge is 0.289 e. The van der Waals surface area contributed by atoms with Crippen molar-refractivity contribution in [1.29, 1.82) is 0 Å². The average molecular weight is 270 g/mol. The molecule has 0 saturated heterocycles. The molecule has 0 aliphatic rings. The molecule has 0 spiro atoms. The minimum Gasteiger partial charge on any atom is -0.289 e. The van der Waals surface area contributed by atoms with E-state index in [2.05, 4.69) is 6.92 Å². The number of carbonyl (C=O) groups excluding carboxylic acids is 1. The van der Waals surface area contributed by atoms with Crippen molar-refractivity contribution in [1.82, 2.24) is 0 Å². The van der Waals surface area contributed by atoms with Gasteiger partial charge in [-0.15, -0.1) is 0 Å². The second-order valence-electron chi connectivity index (χ2n) is 5.04. The van der Waals surface area contributed by atoms with Gasteiger partial charge in [-0.05, 0) is 60.7 Å². The zero-order valence-corrected chi connectivity index (χ0v) is 12.2. The van der Waals surface area contributed by atoms with Crippen LogP contribution in [-0.4, -0.2) is 5.78 Å². The molecule has 2 aromatic carbocycles. The van der Waals surface area contributed by atoms with E-state index in [0.29, 0.717) is 11.1 Å². The Morgan fingerprint density at radius 2 is 1.80 bits per heavy atom. The third-order valence-corrected chi connectivity index (χ3v) is 3.51. The first-order valence-corrected chi connectivity index (χ1v) is 6.98. The van der Waals surface area contributed by atoms with Crippen molar-refractivity contribution in [2.75, 3.05) is 0 Å². The van der Waals surface area contributed by atoms with Gasteiger partial charge in [-0.2, -0.15) is 0 Å². The average Bonchev–Trinajstić information content (AvgIpc) is 2.44. The molecule has 104 valence electrons. The third-order valence-electron chi connectivity index (χ3n) is 3.51. The lowest BCUT2D eigenvalue weighted by Gasteiger charge is -2.10. The predicted molar refractivity (Wildman–Crippen MR) is 79.8 cm³/mol. The SMILES string of the molecule is CCc1ccc(CC)c(C(=O)c2cc(C)cc(F)c2)c1. The van der Waals surface area contributed by atoms with Crippen molar-refractivity contribution < 1.29 is 9.18 Å². The lowest BCUT2D eigenvalue weighted by Crippen LogP contribution is -2.07. The van der Waals surface area contributed by atoms with Gasteiger partial charge in [0.2, 0.25) is 0 Å².